The Morgan fingerprint density at radius 3 is 1.33 bits per heavy atom. The summed E-state index contributed by atoms with van der Waals surface area (Å²) in [5.41, 5.74) is 12.2. The molecule has 5 fully saturated rings. The Kier molecular flexibility index (Phi) is 29.5. The molecule has 0 unspecified atom stereocenters. The normalized spacial score (nSPS) is 18.6. The van der Waals surface area contributed by atoms with Gasteiger partial charge in [-0.15, -0.1) is 0 Å². The summed E-state index contributed by atoms with van der Waals surface area (Å²) in [6, 6.07) is 58.0. The smallest absolute Gasteiger partial charge is 0.258 e. The number of nitrogens with zero attached hydrogens (tertiary/aromatic N) is 16. The van der Waals surface area contributed by atoms with E-state index < -0.39 is 28.9 Å². The van der Waals surface area contributed by atoms with Crippen LogP contribution in [0.5, 0.6) is 0 Å². The van der Waals surface area contributed by atoms with E-state index in [-0.39, 0.29) is 85.5 Å². The van der Waals surface area contributed by atoms with Gasteiger partial charge in [0.05, 0.1) is 78.2 Å². The Morgan fingerprint density at radius 1 is 0.424 bits per heavy atom. The van der Waals surface area contributed by atoms with Crippen LogP contribution >= 0.6 is 0 Å². The second-order valence-corrected chi connectivity index (χ2v) is 37.6. The molecular formula is C109H109F3N22O10. The summed E-state index contributed by atoms with van der Waals surface area (Å²) in [6.45, 7) is 6.47. The molecule has 6 aliphatic heterocycles. The summed E-state index contributed by atoms with van der Waals surface area (Å²) in [5.74, 6) is 0.855. The lowest BCUT2D eigenvalue weighted by Gasteiger charge is -2.33. The quantitative estimate of drug-likeness (QED) is 0.0250. The maximum Gasteiger partial charge on any atom is 0.258 e. The minimum absolute atomic E-state index is 0.0490. The molecular weight excluding hydrogens is 1830 g/mol. The van der Waals surface area contributed by atoms with E-state index in [2.05, 4.69) is 135 Å². The lowest BCUT2D eigenvalue weighted by molar-refractivity contribution is -0.138. The van der Waals surface area contributed by atoms with Crippen LogP contribution in [-0.4, -0.2) is 272 Å². The van der Waals surface area contributed by atoms with E-state index >= 15 is 4.39 Å². The highest BCUT2D eigenvalue weighted by Crippen LogP contribution is 2.41. The molecule has 8 N–H and O–H groups in total. The third kappa shape index (κ3) is 21.7. The molecule has 0 bridgehead atoms. The van der Waals surface area contributed by atoms with Crippen molar-refractivity contribution in [1.82, 2.24) is 94.9 Å². The molecule has 0 radical (unpaired) electrons. The highest BCUT2D eigenvalue weighted by molar-refractivity contribution is 6.04. The highest BCUT2D eigenvalue weighted by atomic mass is 19.1. The van der Waals surface area contributed by atoms with Gasteiger partial charge in [-0.3, -0.25) is 63.7 Å². The lowest BCUT2D eigenvalue weighted by Crippen LogP contribution is -2.48. The number of methoxy groups -OCH3 is 2. The Labute approximate surface area is 828 Å². The first-order valence-electron chi connectivity index (χ1n) is 48.3. The van der Waals surface area contributed by atoms with Crippen LogP contribution in [0.15, 0.2) is 250 Å². The first-order valence-corrected chi connectivity index (χ1v) is 48.3. The SMILES string of the molecule is COC[C@@]1(C(=O)Nc2ccc3[nH]nc(-c4ccncc4)c3c2)CCN(CC(=O)N2CCC(c3ccc(-c4ncccn4)cc3)CC2)C1.CO[C@@]1(C(=O)Nc2ccc3[nH]nc(-c4ccc(F)c(CO)c4)c3c2)CCN(CC(=O)N2CC=C(c3ccc(-c4ncccn4)cc3F)CC2)C1.O=C(CN1CC[C@@](CO)(C(=O)Nc2ccc3[nH]nc(-c4ccc(F)cc4)c3c2)C1)N1CCC(c2ccc(-c3ncccn3)cc2)CC1. The monoisotopic (exact) mass is 1940 g/mol. The van der Waals surface area contributed by atoms with Crippen LogP contribution in [0.25, 0.3) is 106 Å². The van der Waals surface area contributed by atoms with Crippen LogP contribution in [0.3, 0.4) is 0 Å². The van der Waals surface area contributed by atoms with Crippen molar-refractivity contribution in [1.29, 1.82) is 0 Å². The zero-order valence-electron chi connectivity index (χ0n) is 79.7. The van der Waals surface area contributed by atoms with Crippen molar-refractivity contribution < 1.29 is 61.6 Å². The molecule has 32 nitrogen and oxygen atoms in total. The van der Waals surface area contributed by atoms with Gasteiger partial charge in [-0.1, -0.05) is 66.7 Å². The molecule has 736 valence electrons. The molecule has 15 aromatic rings. The fourth-order valence-electron chi connectivity index (χ4n) is 20.3. The van der Waals surface area contributed by atoms with Gasteiger partial charge >= 0.3 is 0 Å². The number of aliphatic hydroxyl groups is 2. The summed E-state index contributed by atoms with van der Waals surface area (Å²) in [5, 5.41) is 53.7. The number of amides is 6. The molecule has 13 heterocycles. The van der Waals surface area contributed by atoms with Gasteiger partial charge in [-0.25, -0.2) is 43.1 Å². The number of fused-ring (bicyclic) bond motifs is 3. The second kappa shape index (κ2) is 43.6. The van der Waals surface area contributed by atoms with Crippen LogP contribution in [0, 0.1) is 28.3 Å². The number of anilines is 3. The summed E-state index contributed by atoms with van der Waals surface area (Å²) in [6.07, 6.45) is 21.2. The highest BCUT2D eigenvalue weighted by Gasteiger charge is 2.49. The molecule has 144 heavy (non-hydrogen) atoms. The minimum Gasteiger partial charge on any atom is -0.395 e. The molecule has 3 atom stereocenters. The van der Waals surface area contributed by atoms with Crippen molar-refractivity contribution in [2.75, 3.05) is 142 Å². The maximum absolute atomic E-state index is 15.1. The summed E-state index contributed by atoms with van der Waals surface area (Å²) < 4.78 is 53.9. The van der Waals surface area contributed by atoms with Gasteiger partial charge in [0.2, 0.25) is 29.5 Å². The number of nitrogens with one attached hydrogen (secondary N) is 6. The number of H-pyrrole nitrogens is 3. The van der Waals surface area contributed by atoms with E-state index in [1.807, 2.05) is 74.2 Å². The van der Waals surface area contributed by atoms with Crippen LogP contribution in [0.2, 0.25) is 0 Å². The third-order valence-corrected chi connectivity index (χ3v) is 28.6. The van der Waals surface area contributed by atoms with E-state index in [1.165, 1.54) is 42.5 Å². The first kappa shape index (κ1) is 97.5. The summed E-state index contributed by atoms with van der Waals surface area (Å²) in [4.78, 5) is 122. The summed E-state index contributed by atoms with van der Waals surface area (Å²) in [7, 11) is 3.11. The second-order valence-electron chi connectivity index (χ2n) is 37.6. The van der Waals surface area contributed by atoms with Crippen molar-refractivity contribution in [3.05, 3.63) is 289 Å². The van der Waals surface area contributed by atoms with Gasteiger partial charge in [0.15, 0.2) is 23.1 Å². The van der Waals surface area contributed by atoms with Gasteiger partial charge in [-0.05, 0) is 226 Å². The lowest BCUT2D eigenvalue weighted by atomic mass is 9.86. The zero-order chi connectivity index (χ0) is 99.4. The van der Waals surface area contributed by atoms with E-state index in [9.17, 15) is 47.8 Å². The third-order valence-electron chi connectivity index (χ3n) is 28.6. The number of hydrogen-bond donors (Lipinski definition) is 8. The Balaban J connectivity index is 0.000000137. The van der Waals surface area contributed by atoms with E-state index in [0.29, 0.717) is 165 Å². The van der Waals surface area contributed by atoms with Crippen LogP contribution in [0.4, 0.5) is 30.2 Å². The molecule has 6 amide bonds. The standard InChI is InChI=1S/C37H35F2N7O4.C36H36FN7O3.C36H38N8O3/c1-50-37(36(49)42-27-5-8-32-29(19-27)34(44-43-32)24-4-7-30(38)26(17-24)21-47)11-16-45(22-37)20-33(48)46-14-9-23(10-15-46)28-6-3-25(18-31(28)39)35-40-12-2-13-41-35;37-28-8-6-26(7-9-28)33-30-20-29(10-11-31(30)41-42-33)40-35(47)36(23-45)14-19-43(22-36)21-32(46)44-17-12-25(13-18-44)24-2-4-27(5-3-24)34-38-15-1-16-39-34;1-47-24-36(35(46)40-29-7-8-31-30(21-29)33(42-41-31)27-9-16-37-17-10-27)13-20-43(23-36)22-32(45)44-18-11-26(12-19-44)25-3-5-28(6-4-25)34-38-14-2-15-39-34/h2-9,12-13,17-19,47H,10-11,14-16,20-22H2,1H3,(H,42,49)(H,43,44);1-11,15-16,20,25,45H,12-14,17-19,21-23H2,(H,40,47)(H,41,42);2-10,14-17,21,26H,11-13,18-20,22-24H2,1H3,(H,40,46)(H,41,42)/t37-;2*36-/m011/s1. The molecule has 6 aliphatic rings. The Hall–Kier alpha value is -15.4. The number of ether oxygens (including phenoxy) is 2. The number of benzene rings is 8. The predicted molar refractivity (Wildman–Crippen MR) is 539 cm³/mol. The number of pyridine rings is 1. The molecule has 7 aromatic heterocycles. The van der Waals surface area contributed by atoms with E-state index in [0.717, 1.165) is 105 Å². The number of aromatic amines is 3. The molecule has 0 aliphatic carbocycles. The number of rotatable bonds is 26. The van der Waals surface area contributed by atoms with Crippen LogP contribution in [0.1, 0.15) is 85.5 Å². The zero-order valence-corrected chi connectivity index (χ0v) is 79.7. The van der Waals surface area contributed by atoms with Crippen molar-refractivity contribution in [2.24, 2.45) is 10.8 Å². The number of carbonyl (C=O) groups excluding carboxylic acids is 6. The van der Waals surface area contributed by atoms with E-state index in [4.69, 9.17) is 9.47 Å². The summed E-state index contributed by atoms with van der Waals surface area (Å²) >= 11 is 0. The number of carbonyl (C=O) groups is 6. The minimum atomic E-state index is -1.16. The molecule has 0 spiro atoms. The predicted octanol–water partition coefficient (Wildman–Crippen LogP) is 14.4. The number of hydrogen-bond acceptors (Lipinski definition) is 23. The van der Waals surface area contributed by atoms with Crippen molar-refractivity contribution in [3.8, 4) is 67.9 Å². The number of aromatic nitrogens is 13. The maximum atomic E-state index is 15.1. The van der Waals surface area contributed by atoms with Crippen molar-refractivity contribution in [2.45, 2.75) is 75.4 Å². The fourth-order valence-corrected chi connectivity index (χ4v) is 20.3. The number of aliphatic hydroxyl groups excluding tert-OH is 2. The molecule has 21 rings (SSSR count). The largest absolute Gasteiger partial charge is 0.395 e. The van der Waals surface area contributed by atoms with Gasteiger partial charge < -0.3 is 50.3 Å². The first-order chi connectivity index (χ1) is 70.2. The number of halogens is 3. The Morgan fingerprint density at radius 2 is 0.854 bits per heavy atom. The molecule has 35 heteroatoms. The number of likely N-dealkylation sites (tertiary alicyclic amines) is 5. The van der Waals surface area contributed by atoms with Gasteiger partial charge in [0.25, 0.3) is 5.91 Å². The topological polar surface area (TPSA) is 393 Å². The fraction of sp³-hybridized carbons (Fsp3) is 0.303. The van der Waals surface area contributed by atoms with Gasteiger partial charge in [-0.2, -0.15) is 15.3 Å². The van der Waals surface area contributed by atoms with Crippen LogP contribution in [-0.2, 0) is 44.8 Å². The Bertz CT molecular complexity index is 7160. The molecule has 0 saturated carbocycles. The van der Waals surface area contributed by atoms with Gasteiger partial charge in [0, 0.05) is 207 Å². The average molecular weight is 1940 g/mol. The van der Waals surface area contributed by atoms with Crippen molar-refractivity contribution >= 4 is 90.8 Å². The molecule has 8 aromatic carbocycles. The number of piperidine rings is 2. The van der Waals surface area contributed by atoms with E-state index in [1.54, 1.807) is 134 Å². The molecule has 5 saturated heterocycles. The average Bonchev–Trinajstić information content (AvgIpc) is 1.63. The van der Waals surface area contributed by atoms with Gasteiger partial charge in [0.1, 0.15) is 23.1 Å². The van der Waals surface area contributed by atoms with Crippen LogP contribution < -0.4 is 16.0 Å². The van der Waals surface area contributed by atoms with Crippen molar-refractivity contribution in [3.63, 3.8) is 0 Å².